The molecule has 1 N–H and O–H groups in total. The summed E-state index contributed by atoms with van der Waals surface area (Å²) in [4.78, 5) is 27.2. The molecule has 1 saturated carbocycles. The van der Waals surface area contributed by atoms with E-state index in [0.717, 1.165) is 31.4 Å². The molecule has 3 unspecified atom stereocenters. The minimum absolute atomic E-state index is 0.0424. The van der Waals surface area contributed by atoms with E-state index in [-0.39, 0.29) is 29.9 Å². The molecule has 1 aliphatic carbocycles. The molecule has 3 fully saturated rings. The highest BCUT2D eigenvalue weighted by molar-refractivity contribution is 7.99. The molecule has 2 amide bonds. The number of thioether (sulfide) groups is 1. The van der Waals surface area contributed by atoms with Gasteiger partial charge in [-0.15, -0.1) is 0 Å². The van der Waals surface area contributed by atoms with Gasteiger partial charge in [-0.3, -0.25) is 9.59 Å². The molecule has 0 bridgehead atoms. The molecule has 0 spiro atoms. The summed E-state index contributed by atoms with van der Waals surface area (Å²) in [6.07, 6.45) is 8.02. The van der Waals surface area contributed by atoms with Gasteiger partial charge in [-0.05, 0) is 44.3 Å². The van der Waals surface area contributed by atoms with Crippen LogP contribution in [0.2, 0.25) is 0 Å². The molecule has 0 radical (unpaired) electrons. The maximum Gasteiger partial charge on any atom is 0.246 e. The van der Waals surface area contributed by atoms with E-state index >= 15 is 0 Å². The third-order valence-electron chi connectivity index (χ3n) is 5.27. The molecule has 3 rings (SSSR count). The molecule has 5 heteroatoms. The summed E-state index contributed by atoms with van der Waals surface area (Å²) in [5.41, 5.74) is 0. The van der Waals surface area contributed by atoms with Crippen molar-refractivity contribution in [1.82, 2.24) is 10.2 Å². The monoisotopic (exact) mass is 310 g/mol. The van der Waals surface area contributed by atoms with Gasteiger partial charge in [0.05, 0.1) is 0 Å². The van der Waals surface area contributed by atoms with Crippen molar-refractivity contribution in [2.24, 2.45) is 5.92 Å². The number of hydrogen-bond donors (Lipinski definition) is 1. The number of amides is 2. The van der Waals surface area contributed by atoms with Crippen molar-refractivity contribution in [3.8, 4) is 0 Å². The van der Waals surface area contributed by atoms with Crippen LogP contribution in [0.3, 0.4) is 0 Å². The van der Waals surface area contributed by atoms with Crippen molar-refractivity contribution in [3.63, 3.8) is 0 Å². The van der Waals surface area contributed by atoms with Gasteiger partial charge < -0.3 is 10.2 Å². The van der Waals surface area contributed by atoms with Gasteiger partial charge in [-0.25, -0.2) is 0 Å². The zero-order chi connectivity index (χ0) is 14.8. The number of rotatable bonds is 2. The van der Waals surface area contributed by atoms with Crippen LogP contribution in [-0.2, 0) is 9.59 Å². The number of carbonyl (C=O) groups is 2. The Balaban J connectivity index is 1.77. The number of piperazine rings is 1. The van der Waals surface area contributed by atoms with Crippen LogP contribution in [0, 0.1) is 5.92 Å². The Labute approximate surface area is 131 Å². The number of nitrogens with zero attached hydrogens (tertiary/aromatic N) is 1. The van der Waals surface area contributed by atoms with Crippen LogP contribution in [-0.4, -0.2) is 46.3 Å². The summed E-state index contributed by atoms with van der Waals surface area (Å²) >= 11 is 1.91. The average Bonchev–Trinajstić information content (AvgIpc) is 2.53. The molecule has 3 aliphatic rings. The van der Waals surface area contributed by atoms with Gasteiger partial charge in [0.2, 0.25) is 11.8 Å². The number of carbonyl (C=O) groups excluding carboxylic acids is 2. The van der Waals surface area contributed by atoms with E-state index in [9.17, 15) is 9.59 Å². The Morgan fingerprint density at radius 1 is 1.10 bits per heavy atom. The summed E-state index contributed by atoms with van der Waals surface area (Å²) in [6, 6.07) is -0.314. The first-order chi connectivity index (χ1) is 10.2. The first-order valence-corrected chi connectivity index (χ1v) is 9.54. The van der Waals surface area contributed by atoms with E-state index in [4.69, 9.17) is 0 Å². The van der Waals surface area contributed by atoms with Crippen LogP contribution in [0.25, 0.3) is 0 Å². The van der Waals surface area contributed by atoms with Crippen LogP contribution in [0.5, 0.6) is 0 Å². The summed E-state index contributed by atoms with van der Waals surface area (Å²) < 4.78 is 0. The molecular weight excluding hydrogens is 284 g/mol. The molecule has 4 nitrogen and oxygen atoms in total. The Morgan fingerprint density at radius 2 is 1.86 bits per heavy atom. The zero-order valence-corrected chi connectivity index (χ0v) is 13.7. The van der Waals surface area contributed by atoms with Gasteiger partial charge >= 0.3 is 0 Å². The van der Waals surface area contributed by atoms with Crippen molar-refractivity contribution in [3.05, 3.63) is 0 Å². The van der Waals surface area contributed by atoms with Gasteiger partial charge in [-0.2, -0.15) is 11.8 Å². The second-order valence-corrected chi connectivity index (χ2v) is 7.83. The highest BCUT2D eigenvalue weighted by Crippen LogP contribution is 2.31. The summed E-state index contributed by atoms with van der Waals surface area (Å²) in [7, 11) is 0. The first kappa shape index (κ1) is 15.2. The molecule has 0 aromatic carbocycles. The largest absolute Gasteiger partial charge is 0.342 e. The number of nitrogens with one attached hydrogen (secondary N) is 1. The van der Waals surface area contributed by atoms with Gasteiger partial charge in [0, 0.05) is 11.8 Å². The van der Waals surface area contributed by atoms with Crippen molar-refractivity contribution < 1.29 is 9.59 Å². The van der Waals surface area contributed by atoms with Gasteiger partial charge in [0.25, 0.3) is 0 Å². The molecule has 21 heavy (non-hydrogen) atoms. The lowest BCUT2D eigenvalue weighted by Crippen LogP contribution is -2.67. The standard InChI is InChI=1S/C16H26N2O2S/c1-11-15(19)17-14(12-6-3-2-4-7-12)16(20)18(11)13-8-5-9-21-10-13/h11-14H,2-10H2,1H3,(H,17,19). The van der Waals surface area contributed by atoms with Crippen molar-refractivity contribution >= 4 is 23.6 Å². The maximum atomic E-state index is 13.0. The molecular formula is C16H26N2O2S. The lowest BCUT2D eigenvalue weighted by molar-refractivity contribution is -0.153. The van der Waals surface area contributed by atoms with E-state index in [2.05, 4.69) is 5.32 Å². The topological polar surface area (TPSA) is 49.4 Å². The molecule has 2 aliphatic heterocycles. The SMILES string of the molecule is CC1C(=O)NC(C2CCCCC2)C(=O)N1C1CCCSC1. The predicted molar refractivity (Wildman–Crippen MR) is 85.2 cm³/mol. The molecule has 2 heterocycles. The molecule has 2 saturated heterocycles. The highest BCUT2D eigenvalue weighted by atomic mass is 32.2. The Hall–Kier alpha value is -0.710. The first-order valence-electron chi connectivity index (χ1n) is 8.39. The van der Waals surface area contributed by atoms with Crippen molar-refractivity contribution in [2.75, 3.05) is 11.5 Å². The fourth-order valence-electron chi connectivity index (χ4n) is 4.04. The van der Waals surface area contributed by atoms with Crippen LogP contribution in [0.15, 0.2) is 0 Å². The summed E-state index contributed by atoms with van der Waals surface area (Å²) in [5.74, 6) is 2.75. The minimum atomic E-state index is -0.305. The quantitative estimate of drug-likeness (QED) is 0.850. The highest BCUT2D eigenvalue weighted by Gasteiger charge is 2.44. The maximum absolute atomic E-state index is 13.0. The van der Waals surface area contributed by atoms with E-state index in [1.54, 1.807) is 0 Å². The number of hydrogen-bond acceptors (Lipinski definition) is 3. The molecule has 3 atom stereocenters. The molecule has 118 valence electrons. The van der Waals surface area contributed by atoms with E-state index in [1.807, 2.05) is 23.6 Å². The van der Waals surface area contributed by atoms with Crippen LogP contribution in [0.1, 0.15) is 51.9 Å². The second kappa shape index (κ2) is 6.59. The Kier molecular flexibility index (Phi) is 4.77. The fraction of sp³-hybridized carbons (Fsp3) is 0.875. The zero-order valence-electron chi connectivity index (χ0n) is 12.8. The lowest BCUT2D eigenvalue weighted by Gasteiger charge is -2.45. The summed E-state index contributed by atoms with van der Waals surface area (Å²) in [6.45, 7) is 1.88. The van der Waals surface area contributed by atoms with Crippen LogP contribution in [0.4, 0.5) is 0 Å². The van der Waals surface area contributed by atoms with Crippen LogP contribution >= 0.6 is 11.8 Å². The second-order valence-electron chi connectivity index (χ2n) is 6.68. The predicted octanol–water partition coefficient (Wildman–Crippen LogP) is 2.18. The minimum Gasteiger partial charge on any atom is -0.342 e. The van der Waals surface area contributed by atoms with Gasteiger partial charge in [0.1, 0.15) is 12.1 Å². The van der Waals surface area contributed by atoms with E-state index < -0.39 is 0 Å². The van der Waals surface area contributed by atoms with Gasteiger partial charge in [0.15, 0.2) is 0 Å². The van der Waals surface area contributed by atoms with E-state index in [0.29, 0.717) is 5.92 Å². The molecule has 0 aromatic heterocycles. The molecule has 0 aromatic rings. The smallest absolute Gasteiger partial charge is 0.246 e. The fourth-order valence-corrected chi connectivity index (χ4v) is 5.18. The van der Waals surface area contributed by atoms with Crippen molar-refractivity contribution in [1.29, 1.82) is 0 Å². The Bertz CT molecular complexity index is 403. The van der Waals surface area contributed by atoms with Crippen LogP contribution < -0.4 is 5.32 Å². The van der Waals surface area contributed by atoms with E-state index in [1.165, 1.54) is 25.0 Å². The van der Waals surface area contributed by atoms with Crippen molar-refractivity contribution in [2.45, 2.75) is 70.0 Å². The third kappa shape index (κ3) is 3.08. The normalized spacial score (nSPS) is 35.7. The lowest BCUT2D eigenvalue weighted by atomic mass is 9.82. The summed E-state index contributed by atoms with van der Waals surface area (Å²) in [5, 5.41) is 3.02. The third-order valence-corrected chi connectivity index (χ3v) is 6.46. The average molecular weight is 310 g/mol. The Morgan fingerprint density at radius 3 is 2.52 bits per heavy atom. The van der Waals surface area contributed by atoms with Gasteiger partial charge in [-0.1, -0.05) is 19.3 Å².